The molecule has 0 aliphatic carbocycles. The lowest BCUT2D eigenvalue weighted by atomic mass is 9.99. The molecule has 1 N–H and O–H groups in total. The molecule has 0 aliphatic heterocycles. The second kappa shape index (κ2) is 6.59. The van der Waals surface area contributed by atoms with E-state index in [1.807, 2.05) is 0 Å². The molecule has 0 saturated heterocycles. The first-order valence-corrected chi connectivity index (χ1v) is 8.48. The molecule has 0 rings (SSSR count). The van der Waals surface area contributed by atoms with Crippen LogP contribution in [-0.4, -0.2) is 25.3 Å². The second-order valence-corrected chi connectivity index (χ2v) is 9.17. The second-order valence-electron chi connectivity index (χ2n) is 5.28. The Morgan fingerprint density at radius 2 is 1.80 bits per heavy atom. The van der Waals surface area contributed by atoms with E-state index in [4.69, 9.17) is 0 Å². The van der Waals surface area contributed by atoms with Gasteiger partial charge in [0.05, 0.1) is 0 Å². The zero-order valence-corrected chi connectivity index (χ0v) is 12.4. The quantitative estimate of drug-likeness (QED) is 0.685. The van der Waals surface area contributed by atoms with E-state index >= 15 is 0 Å². The Hall–Kier alpha value is 0.0500. The van der Waals surface area contributed by atoms with Crippen molar-refractivity contribution in [2.75, 3.05) is 25.3 Å². The molecule has 0 unspecified atom stereocenters. The molecule has 0 aliphatic rings. The Bertz CT molecular complexity index is 207. The van der Waals surface area contributed by atoms with Gasteiger partial charge in [-0.2, -0.15) is 10.2 Å². The lowest BCUT2D eigenvalue weighted by Gasteiger charge is -2.31. The average Bonchev–Trinajstić information content (AvgIpc) is 2.15. The van der Waals surface area contributed by atoms with E-state index in [1.165, 1.54) is 17.7 Å². The molecule has 15 heavy (non-hydrogen) atoms. The highest BCUT2D eigenvalue weighted by Gasteiger charge is 2.10. The summed E-state index contributed by atoms with van der Waals surface area (Å²) in [7, 11) is 1.53. The first-order chi connectivity index (χ1) is 6.78. The Labute approximate surface area is 98.2 Å². The number of hydrogen-bond donors (Lipinski definition) is 1. The van der Waals surface area contributed by atoms with Crippen LogP contribution in [-0.2, 0) is 0 Å². The van der Waals surface area contributed by atoms with E-state index in [-0.39, 0.29) is 0 Å². The summed E-state index contributed by atoms with van der Waals surface area (Å²) in [4.78, 5) is 0. The summed E-state index contributed by atoms with van der Waals surface area (Å²) in [6, 6.07) is 0. The molecule has 0 aromatic rings. The van der Waals surface area contributed by atoms with Crippen molar-refractivity contribution in [3.63, 3.8) is 0 Å². The van der Waals surface area contributed by atoms with Crippen molar-refractivity contribution in [1.82, 2.24) is 4.72 Å². The monoisotopic (exact) mass is 231 g/mol. The number of allylic oxidation sites excluding steroid dienone is 2. The SMILES string of the molecule is CNS(C)(C)CC[C@@H](C)/C=C(/C)C(C)C. The smallest absolute Gasteiger partial charge is 0.00715 e. The molecule has 92 valence electrons. The number of hydrogen-bond acceptors (Lipinski definition) is 1. The van der Waals surface area contributed by atoms with Crippen LogP contribution < -0.4 is 4.72 Å². The third-order valence-corrected chi connectivity index (χ3v) is 5.46. The predicted molar refractivity (Wildman–Crippen MR) is 75.7 cm³/mol. The summed E-state index contributed by atoms with van der Waals surface area (Å²) < 4.78 is 3.44. The predicted octanol–water partition coefficient (Wildman–Crippen LogP) is 3.81. The molecule has 0 spiro atoms. The van der Waals surface area contributed by atoms with Gasteiger partial charge in [-0.15, -0.1) is 0 Å². The van der Waals surface area contributed by atoms with E-state index < -0.39 is 10.2 Å². The largest absolute Gasteiger partial charge is 0.284 e. The summed E-state index contributed by atoms with van der Waals surface area (Å²) in [6.45, 7) is 9.11. The average molecular weight is 231 g/mol. The van der Waals surface area contributed by atoms with E-state index in [9.17, 15) is 0 Å². The van der Waals surface area contributed by atoms with Crippen LogP contribution in [0.25, 0.3) is 0 Å². The van der Waals surface area contributed by atoms with Gasteiger partial charge in [0.1, 0.15) is 0 Å². The highest BCUT2D eigenvalue weighted by molar-refractivity contribution is 8.31. The zero-order valence-electron chi connectivity index (χ0n) is 11.6. The van der Waals surface area contributed by atoms with Crippen molar-refractivity contribution in [3.8, 4) is 0 Å². The zero-order chi connectivity index (χ0) is 12.1. The highest BCUT2D eigenvalue weighted by atomic mass is 32.3. The van der Waals surface area contributed by atoms with Gasteiger partial charge in [-0.25, -0.2) is 0 Å². The summed E-state index contributed by atoms with van der Waals surface area (Å²) in [5, 5.41) is 0. The van der Waals surface area contributed by atoms with E-state index in [2.05, 4.69) is 58.1 Å². The van der Waals surface area contributed by atoms with E-state index in [0.29, 0.717) is 11.8 Å². The van der Waals surface area contributed by atoms with Crippen LogP contribution in [0, 0.1) is 11.8 Å². The minimum absolute atomic E-state index is 0.550. The van der Waals surface area contributed by atoms with Crippen molar-refractivity contribution >= 4 is 10.2 Å². The molecule has 2 heteroatoms. The molecule has 0 saturated carbocycles. The van der Waals surface area contributed by atoms with Gasteiger partial charge in [-0.1, -0.05) is 32.4 Å². The standard InChI is InChI=1S/C13H29NS/c1-11(2)13(4)10-12(3)8-9-15(6,7)14-5/h10-12,14H,8-9H2,1-7H3/b13-10-/t12-/m1/s1. The topological polar surface area (TPSA) is 12.0 Å². The maximum absolute atomic E-state index is 3.44. The number of rotatable bonds is 6. The molecule has 0 aromatic heterocycles. The van der Waals surface area contributed by atoms with Gasteiger partial charge in [0.25, 0.3) is 0 Å². The molecule has 0 fully saturated rings. The fourth-order valence-corrected chi connectivity index (χ4v) is 2.47. The van der Waals surface area contributed by atoms with Crippen molar-refractivity contribution in [2.45, 2.75) is 34.1 Å². The molecule has 0 amide bonds. The van der Waals surface area contributed by atoms with Crippen LogP contribution in [0.3, 0.4) is 0 Å². The molecular formula is C13H29NS. The maximum atomic E-state index is 3.44. The minimum Gasteiger partial charge on any atom is -0.284 e. The Morgan fingerprint density at radius 1 is 1.27 bits per heavy atom. The first kappa shape index (κ1) is 15.0. The molecule has 0 heterocycles. The van der Waals surface area contributed by atoms with Gasteiger partial charge >= 0.3 is 0 Å². The Kier molecular flexibility index (Phi) is 6.62. The van der Waals surface area contributed by atoms with E-state index in [0.717, 1.165) is 0 Å². The van der Waals surface area contributed by atoms with Gasteiger partial charge in [0.15, 0.2) is 0 Å². The van der Waals surface area contributed by atoms with Crippen molar-refractivity contribution in [2.24, 2.45) is 11.8 Å². The molecule has 1 atom stereocenters. The van der Waals surface area contributed by atoms with Crippen LogP contribution >= 0.6 is 10.2 Å². The molecule has 0 bridgehead atoms. The third kappa shape index (κ3) is 7.02. The maximum Gasteiger partial charge on any atom is -0.00715 e. The van der Waals surface area contributed by atoms with Crippen LogP contribution in [0.4, 0.5) is 0 Å². The highest BCUT2D eigenvalue weighted by Crippen LogP contribution is 2.35. The fourth-order valence-electron chi connectivity index (χ4n) is 1.31. The lowest BCUT2D eigenvalue weighted by molar-refractivity contribution is 0.671. The van der Waals surface area contributed by atoms with Crippen molar-refractivity contribution in [3.05, 3.63) is 11.6 Å². The molecule has 0 aromatic carbocycles. The lowest BCUT2D eigenvalue weighted by Crippen LogP contribution is -2.17. The van der Waals surface area contributed by atoms with Crippen molar-refractivity contribution < 1.29 is 0 Å². The summed E-state index contributed by atoms with van der Waals surface area (Å²) in [6.07, 6.45) is 8.43. The summed E-state index contributed by atoms with van der Waals surface area (Å²) in [5.74, 6) is 2.72. The number of nitrogens with one attached hydrogen (secondary N) is 1. The van der Waals surface area contributed by atoms with Gasteiger partial charge in [0, 0.05) is 0 Å². The van der Waals surface area contributed by atoms with Crippen LogP contribution in [0.5, 0.6) is 0 Å². The third-order valence-electron chi connectivity index (χ3n) is 3.09. The summed E-state index contributed by atoms with van der Waals surface area (Å²) in [5.41, 5.74) is 1.53. The van der Waals surface area contributed by atoms with Gasteiger partial charge in [0.2, 0.25) is 0 Å². The normalized spacial score (nSPS) is 16.9. The molecule has 0 radical (unpaired) electrons. The molecule has 1 nitrogen and oxygen atoms in total. The van der Waals surface area contributed by atoms with Gasteiger partial charge in [-0.05, 0) is 50.5 Å². The van der Waals surface area contributed by atoms with Gasteiger partial charge in [-0.3, -0.25) is 4.72 Å². The van der Waals surface area contributed by atoms with Crippen LogP contribution in [0.15, 0.2) is 11.6 Å². The van der Waals surface area contributed by atoms with Crippen molar-refractivity contribution in [1.29, 1.82) is 0 Å². The van der Waals surface area contributed by atoms with Gasteiger partial charge < -0.3 is 0 Å². The molecular weight excluding hydrogens is 202 g/mol. The first-order valence-electron chi connectivity index (χ1n) is 5.86. The van der Waals surface area contributed by atoms with Crippen LogP contribution in [0.1, 0.15) is 34.1 Å². The minimum atomic E-state index is -0.550. The fraction of sp³-hybridized carbons (Fsp3) is 0.846. The Morgan fingerprint density at radius 3 is 2.20 bits per heavy atom. The summed E-state index contributed by atoms with van der Waals surface area (Å²) >= 11 is 0. The Balaban J connectivity index is 4.05. The van der Waals surface area contributed by atoms with E-state index in [1.54, 1.807) is 0 Å². The van der Waals surface area contributed by atoms with Crippen LogP contribution in [0.2, 0.25) is 0 Å².